The Balaban J connectivity index is 1.67. The number of aromatic nitrogens is 2. The summed E-state index contributed by atoms with van der Waals surface area (Å²) in [6.45, 7) is 6.41. The smallest absolute Gasteiger partial charge is 0.174 e. The second kappa shape index (κ2) is 8.95. The molecule has 0 aliphatic carbocycles. The van der Waals surface area contributed by atoms with Gasteiger partial charge in [-0.25, -0.2) is 0 Å². The second-order valence-corrected chi connectivity index (χ2v) is 9.08. The van der Waals surface area contributed by atoms with Gasteiger partial charge in [0.2, 0.25) is 0 Å². The Hall–Kier alpha value is -3.64. The van der Waals surface area contributed by atoms with E-state index in [2.05, 4.69) is 89.1 Å². The van der Waals surface area contributed by atoms with Crippen molar-refractivity contribution in [3.63, 3.8) is 0 Å². The average molecular weight is 469 g/mol. The van der Waals surface area contributed by atoms with Crippen LogP contribution < -0.4 is 15.0 Å². The lowest BCUT2D eigenvalue weighted by Gasteiger charge is -2.28. The summed E-state index contributed by atoms with van der Waals surface area (Å²) in [5, 5.41) is 4.27. The van der Waals surface area contributed by atoms with E-state index in [1.165, 1.54) is 16.8 Å². The fourth-order valence-electron chi connectivity index (χ4n) is 4.89. The van der Waals surface area contributed by atoms with Gasteiger partial charge in [0.1, 0.15) is 5.75 Å². The van der Waals surface area contributed by atoms with Crippen LogP contribution in [0.15, 0.2) is 79.0 Å². The SMILES string of the molecule is COc1cccc(-n2c(C)cc([C@H]3[C@@H](c4ccccn4)NC(=S)N3c3ccc(C)cc3)c2C)c1. The molecule has 1 aliphatic rings. The van der Waals surface area contributed by atoms with Gasteiger partial charge in [-0.1, -0.05) is 29.8 Å². The van der Waals surface area contributed by atoms with Crippen LogP contribution in [-0.2, 0) is 0 Å². The van der Waals surface area contributed by atoms with Crippen LogP contribution in [0.1, 0.15) is 40.3 Å². The highest BCUT2D eigenvalue weighted by Crippen LogP contribution is 2.43. The number of ether oxygens (including phenoxy) is 1. The summed E-state index contributed by atoms with van der Waals surface area (Å²) in [7, 11) is 1.70. The van der Waals surface area contributed by atoms with Crippen molar-refractivity contribution in [2.75, 3.05) is 12.0 Å². The van der Waals surface area contributed by atoms with Gasteiger partial charge in [-0.15, -0.1) is 0 Å². The van der Waals surface area contributed by atoms with Crippen LogP contribution in [0.25, 0.3) is 5.69 Å². The van der Waals surface area contributed by atoms with Crippen molar-refractivity contribution in [2.45, 2.75) is 32.9 Å². The monoisotopic (exact) mass is 468 g/mol. The van der Waals surface area contributed by atoms with Gasteiger partial charge in [-0.2, -0.15) is 0 Å². The third kappa shape index (κ3) is 3.84. The van der Waals surface area contributed by atoms with E-state index in [0.717, 1.165) is 28.5 Å². The number of aryl methyl sites for hydroxylation is 2. The van der Waals surface area contributed by atoms with Crippen molar-refractivity contribution in [3.05, 3.63) is 107 Å². The van der Waals surface area contributed by atoms with Gasteiger partial charge >= 0.3 is 0 Å². The molecule has 1 fully saturated rings. The molecule has 0 bridgehead atoms. The van der Waals surface area contributed by atoms with Crippen molar-refractivity contribution in [2.24, 2.45) is 0 Å². The zero-order valence-electron chi connectivity index (χ0n) is 19.8. The zero-order valence-corrected chi connectivity index (χ0v) is 20.6. The normalized spacial score (nSPS) is 17.6. The van der Waals surface area contributed by atoms with Gasteiger partial charge < -0.3 is 19.5 Å². The Morgan fingerprint density at radius 1 is 0.912 bits per heavy atom. The quantitative estimate of drug-likeness (QED) is 0.365. The number of hydrogen-bond acceptors (Lipinski definition) is 3. The highest BCUT2D eigenvalue weighted by atomic mass is 32.1. The van der Waals surface area contributed by atoms with Crippen LogP contribution in [-0.4, -0.2) is 21.8 Å². The van der Waals surface area contributed by atoms with Crippen molar-refractivity contribution < 1.29 is 4.74 Å². The number of nitrogens with one attached hydrogen (secondary N) is 1. The van der Waals surface area contributed by atoms with E-state index in [4.69, 9.17) is 17.0 Å². The summed E-state index contributed by atoms with van der Waals surface area (Å²) in [5.41, 5.74) is 7.86. The molecule has 1 saturated heterocycles. The molecular formula is C28H28N4OS. The second-order valence-electron chi connectivity index (χ2n) is 8.70. The molecule has 2 aromatic carbocycles. The number of benzene rings is 2. The first-order valence-electron chi connectivity index (χ1n) is 11.4. The molecule has 0 amide bonds. The Morgan fingerprint density at radius 3 is 2.41 bits per heavy atom. The lowest BCUT2D eigenvalue weighted by Crippen LogP contribution is -2.29. The molecule has 0 saturated carbocycles. The number of rotatable bonds is 5. The van der Waals surface area contributed by atoms with E-state index < -0.39 is 0 Å². The molecule has 4 aromatic rings. The van der Waals surface area contributed by atoms with Gasteiger partial charge in [0, 0.05) is 35.0 Å². The van der Waals surface area contributed by atoms with Crippen molar-refractivity contribution in [1.82, 2.24) is 14.9 Å². The van der Waals surface area contributed by atoms with Crippen molar-refractivity contribution in [1.29, 1.82) is 0 Å². The fraction of sp³-hybridized carbons (Fsp3) is 0.214. The predicted molar refractivity (Wildman–Crippen MR) is 141 cm³/mol. The topological polar surface area (TPSA) is 42.3 Å². The molecule has 5 rings (SSSR count). The van der Waals surface area contributed by atoms with Crippen LogP contribution >= 0.6 is 12.2 Å². The number of methoxy groups -OCH3 is 1. The van der Waals surface area contributed by atoms with Gasteiger partial charge in [0.15, 0.2) is 5.11 Å². The maximum atomic E-state index is 5.88. The molecule has 1 aliphatic heterocycles. The van der Waals surface area contributed by atoms with E-state index in [0.29, 0.717) is 5.11 Å². The summed E-state index contributed by atoms with van der Waals surface area (Å²) in [4.78, 5) is 6.91. The first-order valence-corrected chi connectivity index (χ1v) is 11.8. The molecular weight excluding hydrogens is 440 g/mol. The van der Waals surface area contributed by atoms with Crippen LogP contribution in [0, 0.1) is 20.8 Å². The minimum atomic E-state index is -0.0748. The fourth-order valence-corrected chi connectivity index (χ4v) is 5.23. The third-order valence-electron chi connectivity index (χ3n) is 6.51. The standard InChI is InChI=1S/C28H28N4OS/c1-18-11-13-21(14-12-18)32-27(26(30-28(32)34)25-10-5-6-15-29-25)24-16-19(2)31(20(24)3)22-8-7-9-23(17-22)33-4/h5-17,26-27H,1-4H3,(H,30,34)/t26-,27+/m1/s1. The third-order valence-corrected chi connectivity index (χ3v) is 6.83. The maximum absolute atomic E-state index is 5.88. The Kier molecular flexibility index (Phi) is 5.84. The van der Waals surface area contributed by atoms with Crippen LogP contribution in [0.4, 0.5) is 5.69 Å². The molecule has 34 heavy (non-hydrogen) atoms. The first kappa shape index (κ1) is 22.2. The average Bonchev–Trinajstić information content (AvgIpc) is 3.35. The van der Waals surface area contributed by atoms with Gasteiger partial charge in [0.05, 0.1) is 24.9 Å². The van der Waals surface area contributed by atoms with Crippen LogP contribution in [0.5, 0.6) is 5.75 Å². The molecule has 5 nitrogen and oxygen atoms in total. The molecule has 0 spiro atoms. The Morgan fingerprint density at radius 2 is 1.71 bits per heavy atom. The van der Waals surface area contributed by atoms with E-state index in [9.17, 15) is 0 Å². The minimum Gasteiger partial charge on any atom is -0.497 e. The summed E-state index contributed by atoms with van der Waals surface area (Å²) >= 11 is 5.88. The summed E-state index contributed by atoms with van der Waals surface area (Å²) in [5.74, 6) is 0.836. The molecule has 172 valence electrons. The van der Waals surface area contributed by atoms with E-state index in [1.807, 2.05) is 30.5 Å². The van der Waals surface area contributed by atoms with Crippen molar-refractivity contribution >= 4 is 23.0 Å². The minimum absolute atomic E-state index is 0.0457. The van der Waals surface area contributed by atoms with E-state index >= 15 is 0 Å². The van der Waals surface area contributed by atoms with Gasteiger partial charge in [0.25, 0.3) is 0 Å². The predicted octanol–water partition coefficient (Wildman–Crippen LogP) is 5.98. The van der Waals surface area contributed by atoms with Crippen LogP contribution in [0.3, 0.4) is 0 Å². The molecule has 3 heterocycles. The highest BCUT2D eigenvalue weighted by molar-refractivity contribution is 7.80. The van der Waals surface area contributed by atoms with Crippen molar-refractivity contribution in [3.8, 4) is 11.4 Å². The van der Waals surface area contributed by atoms with Gasteiger partial charge in [-0.05, 0) is 81.0 Å². The lowest BCUT2D eigenvalue weighted by atomic mass is 9.96. The molecule has 1 N–H and O–H groups in total. The maximum Gasteiger partial charge on any atom is 0.174 e. The van der Waals surface area contributed by atoms with Crippen LogP contribution in [0.2, 0.25) is 0 Å². The highest BCUT2D eigenvalue weighted by Gasteiger charge is 2.42. The summed E-state index contributed by atoms with van der Waals surface area (Å²) in [6.07, 6.45) is 1.84. The molecule has 6 heteroatoms. The molecule has 0 radical (unpaired) electrons. The number of hydrogen-bond donors (Lipinski definition) is 1. The Bertz CT molecular complexity index is 1330. The number of nitrogens with zero attached hydrogens (tertiary/aromatic N) is 3. The zero-order chi connectivity index (χ0) is 23.8. The summed E-state index contributed by atoms with van der Waals surface area (Å²) < 4.78 is 7.76. The van der Waals surface area contributed by atoms with Gasteiger partial charge in [-0.3, -0.25) is 4.98 Å². The molecule has 0 unspecified atom stereocenters. The molecule has 2 atom stereocenters. The largest absolute Gasteiger partial charge is 0.497 e. The van der Waals surface area contributed by atoms with E-state index in [-0.39, 0.29) is 12.1 Å². The number of thiocarbonyl (C=S) groups is 1. The molecule has 2 aromatic heterocycles. The number of anilines is 1. The lowest BCUT2D eigenvalue weighted by molar-refractivity contribution is 0.414. The Labute approximate surface area is 206 Å². The first-order chi connectivity index (χ1) is 16.5. The van der Waals surface area contributed by atoms with E-state index in [1.54, 1.807) is 7.11 Å². The summed E-state index contributed by atoms with van der Waals surface area (Å²) in [6, 6.07) is 24.9. The number of pyridine rings is 1.